The van der Waals surface area contributed by atoms with Crippen molar-refractivity contribution in [3.63, 3.8) is 0 Å². The van der Waals surface area contributed by atoms with E-state index in [1.807, 2.05) is 16.0 Å². The van der Waals surface area contributed by atoms with Gasteiger partial charge < -0.3 is 5.32 Å². The molecule has 3 aromatic rings. The number of thiophene rings is 1. The van der Waals surface area contributed by atoms with E-state index < -0.39 is 0 Å². The topological polar surface area (TPSA) is 59.8 Å². The lowest BCUT2D eigenvalue weighted by atomic mass is 10.2. The van der Waals surface area contributed by atoms with Crippen LogP contribution in [0.2, 0.25) is 0 Å². The van der Waals surface area contributed by atoms with Gasteiger partial charge in [0.2, 0.25) is 5.91 Å². The first kappa shape index (κ1) is 19.3. The van der Waals surface area contributed by atoms with E-state index in [-0.39, 0.29) is 17.5 Å². The maximum absolute atomic E-state index is 13.2. The standard InChI is InChI=1S/C19H19FN4OS2/c1-2-11-24-18(14-5-7-15(20)8-6-14)22-23-19(24)27-13-17(25)21-10-9-16-4-3-12-26-16/h2-8,12H,1,9-11,13H2,(H,21,25). The van der Waals surface area contributed by atoms with Crippen molar-refractivity contribution in [2.75, 3.05) is 12.3 Å². The summed E-state index contributed by atoms with van der Waals surface area (Å²) in [5.74, 6) is 0.522. The number of carbonyl (C=O) groups is 1. The Bertz CT molecular complexity index is 891. The number of nitrogens with one attached hydrogen (secondary N) is 1. The molecule has 0 fully saturated rings. The molecule has 27 heavy (non-hydrogen) atoms. The Labute approximate surface area is 165 Å². The molecule has 1 amide bonds. The molecule has 0 radical (unpaired) electrons. The van der Waals surface area contributed by atoms with Gasteiger partial charge in [0.15, 0.2) is 11.0 Å². The van der Waals surface area contributed by atoms with Crippen molar-refractivity contribution in [3.8, 4) is 11.4 Å². The van der Waals surface area contributed by atoms with Crippen LogP contribution < -0.4 is 5.32 Å². The number of halogens is 1. The minimum absolute atomic E-state index is 0.0481. The number of nitrogens with zero attached hydrogens (tertiary/aromatic N) is 3. The highest BCUT2D eigenvalue weighted by molar-refractivity contribution is 7.99. The lowest BCUT2D eigenvalue weighted by Gasteiger charge is -2.08. The van der Waals surface area contributed by atoms with Gasteiger partial charge in [-0.2, -0.15) is 0 Å². The van der Waals surface area contributed by atoms with Gasteiger partial charge in [0.25, 0.3) is 0 Å². The highest BCUT2D eigenvalue weighted by atomic mass is 32.2. The number of carbonyl (C=O) groups excluding carboxylic acids is 1. The molecule has 8 heteroatoms. The van der Waals surface area contributed by atoms with Crippen LogP contribution in [-0.4, -0.2) is 33.0 Å². The normalized spacial score (nSPS) is 10.7. The van der Waals surface area contributed by atoms with Crippen molar-refractivity contribution in [3.05, 3.63) is 65.1 Å². The third-order valence-electron chi connectivity index (χ3n) is 3.74. The van der Waals surface area contributed by atoms with Crippen LogP contribution in [0.4, 0.5) is 4.39 Å². The highest BCUT2D eigenvalue weighted by Crippen LogP contribution is 2.24. The second kappa shape index (κ2) is 9.48. The summed E-state index contributed by atoms with van der Waals surface area (Å²) in [6.45, 7) is 4.87. The first-order valence-corrected chi connectivity index (χ1v) is 10.3. The van der Waals surface area contributed by atoms with Crippen molar-refractivity contribution in [1.82, 2.24) is 20.1 Å². The van der Waals surface area contributed by atoms with E-state index in [1.165, 1.54) is 28.8 Å². The molecule has 0 atom stereocenters. The lowest BCUT2D eigenvalue weighted by molar-refractivity contribution is -0.118. The van der Waals surface area contributed by atoms with Gasteiger partial charge in [0, 0.05) is 23.5 Å². The van der Waals surface area contributed by atoms with E-state index in [9.17, 15) is 9.18 Å². The molecule has 0 aliphatic carbocycles. The molecular formula is C19H19FN4OS2. The molecule has 0 unspecified atom stereocenters. The number of benzene rings is 1. The van der Waals surface area contributed by atoms with E-state index in [1.54, 1.807) is 29.5 Å². The average Bonchev–Trinajstić information content (AvgIpc) is 3.31. The lowest BCUT2D eigenvalue weighted by Crippen LogP contribution is -2.27. The second-order valence-electron chi connectivity index (χ2n) is 5.68. The van der Waals surface area contributed by atoms with Crippen molar-refractivity contribution in [2.45, 2.75) is 18.1 Å². The Kier molecular flexibility index (Phi) is 6.78. The van der Waals surface area contributed by atoms with Gasteiger partial charge >= 0.3 is 0 Å². The molecule has 0 aliphatic heterocycles. The Morgan fingerprint density at radius 1 is 1.30 bits per heavy atom. The van der Waals surface area contributed by atoms with Gasteiger partial charge in [0.1, 0.15) is 5.82 Å². The predicted molar refractivity (Wildman–Crippen MR) is 107 cm³/mol. The molecule has 2 aromatic heterocycles. The minimum atomic E-state index is -0.303. The Morgan fingerprint density at radius 2 is 2.11 bits per heavy atom. The van der Waals surface area contributed by atoms with Crippen molar-refractivity contribution in [1.29, 1.82) is 0 Å². The van der Waals surface area contributed by atoms with Gasteiger partial charge in [-0.05, 0) is 42.1 Å². The largest absolute Gasteiger partial charge is 0.355 e. The molecule has 3 rings (SSSR count). The zero-order valence-electron chi connectivity index (χ0n) is 14.6. The molecule has 1 aromatic carbocycles. The number of hydrogen-bond donors (Lipinski definition) is 1. The van der Waals surface area contributed by atoms with Gasteiger partial charge in [-0.1, -0.05) is 23.9 Å². The molecule has 0 spiro atoms. The fourth-order valence-corrected chi connectivity index (χ4v) is 3.95. The van der Waals surface area contributed by atoms with Crippen LogP contribution in [-0.2, 0) is 17.8 Å². The summed E-state index contributed by atoms with van der Waals surface area (Å²) in [6, 6.07) is 10.1. The first-order chi connectivity index (χ1) is 13.2. The van der Waals surface area contributed by atoms with Gasteiger partial charge in [-0.25, -0.2) is 4.39 Å². The summed E-state index contributed by atoms with van der Waals surface area (Å²) in [4.78, 5) is 13.3. The maximum Gasteiger partial charge on any atom is 0.230 e. The van der Waals surface area contributed by atoms with Gasteiger partial charge in [-0.3, -0.25) is 9.36 Å². The van der Waals surface area contributed by atoms with Crippen LogP contribution in [0.3, 0.4) is 0 Å². The van der Waals surface area contributed by atoms with E-state index in [0.717, 1.165) is 12.0 Å². The molecule has 1 N–H and O–H groups in total. The predicted octanol–water partition coefficient (Wildman–Crippen LogP) is 3.78. The minimum Gasteiger partial charge on any atom is -0.355 e. The van der Waals surface area contributed by atoms with Gasteiger partial charge in [-0.15, -0.1) is 28.1 Å². The summed E-state index contributed by atoms with van der Waals surface area (Å²) in [5.41, 5.74) is 0.762. The molecule has 140 valence electrons. The number of aromatic nitrogens is 3. The van der Waals surface area contributed by atoms with Crippen LogP contribution in [0, 0.1) is 5.82 Å². The number of amides is 1. The van der Waals surface area contributed by atoms with Crippen LogP contribution in [0.15, 0.2) is 59.6 Å². The van der Waals surface area contributed by atoms with Crippen LogP contribution in [0.25, 0.3) is 11.4 Å². The first-order valence-electron chi connectivity index (χ1n) is 8.39. The van der Waals surface area contributed by atoms with Gasteiger partial charge in [0.05, 0.1) is 5.75 Å². The molecule has 5 nitrogen and oxygen atoms in total. The number of thioether (sulfide) groups is 1. The van der Waals surface area contributed by atoms with Crippen LogP contribution in [0.1, 0.15) is 4.88 Å². The fraction of sp³-hybridized carbons (Fsp3) is 0.211. The Morgan fingerprint density at radius 3 is 2.81 bits per heavy atom. The van der Waals surface area contributed by atoms with Crippen LogP contribution >= 0.6 is 23.1 Å². The molecule has 0 aliphatic rings. The average molecular weight is 403 g/mol. The molecule has 0 saturated carbocycles. The summed E-state index contributed by atoms with van der Waals surface area (Å²) < 4.78 is 15.0. The monoisotopic (exact) mass is 402 g/mol. The summed E-state index contributed by atoms with van der Waals surface area (Å²) in [7, 11) is 0. The molecular weight excluding hydrogens is 383 g/mol. The van der Waals surface area contributed by atoms with E-state index in [4.69, 9.17) is 0 Å². The zero-order chi connectivity index (χ0) is 19.1. The van der Waals surface area contributed by atoms with Crippen LogP contribution in [0.5, 0.6) is 0 Å². The molecule has 0 bridgehead atoms. The SMILES string of the molecule is C=CCn1c(SCC(=O)NCCc2cccs2)nnc1-c1ccc(F)cc1. The highest BCUT2D eigenvalue weighted by Gasteiger charge is 2.15. The quantitative estimate of drug-likeness (QED) is 0.437. The van der Waals surface area contributed by atoms with E-state index >= 15 is 0 Å². The Balaban J connectivity index is 1.59. The third-order valence-corrected chi connectivity index (χ3v) is 5.64. The number of allylic oxidation sites excluding steroid dienone is 1. The number of rotatable bonds is 9. The zero-order valence-corrected chi connectivity index (χ0v) is 16.2. The van der Waals surface area contributed by atoms with E-state index in [2.05, 4.69) is 28.2 Å². The van der Waals surface area contributed by atoms with Crippen molar-refractivity contribution >= 4 is 29.0 Å². The summed E-state index contributed by atoms with van der Waals surface area (Å²) in [5, 5.41) is 14.0. The summed E-state index contributed by atoms with van der Waals surface area (Å²) in [6.07, 6.45) is 2.57. The second-order valence-corrected chi connectivity index (χ2v) is 7.66. The fourth-order valence-electron chi connectivity index (χ4n) is 2.46. The van der Waals surface area contributed by atoms with Crippen molar-refractivity contribution in [2.24, 2.45) is 0 Å². The molecule has 2 heterocycles. The smallest absolute Gasteiger partial charge is 0.230 e. The molecule has 0 saturated heterocycles. The number of hydrogen-bond acceptors (Lipinski definition) is 5. The third kappa shape index (κ3) is 5.27. The summed E-state index contributed by atoms with van der Waals surface area (Å²) >= 11 is 3.00. The van der Waals surface area contributed by atoms with Crippen molar-refractivity contribution < 1.29 is 9.18 Å². The maximum atomic E-state index is 13.2. The Hall–Kier alpha value is -2.45. The van der Waals surface area contributed by atoms with E-state index in [0.29, 0.717) is 24.1 Å².